The molecule has 2 nitrogen and oxygen atoms in total. The second-order valence-corrected chi connectivity index (χ2v) is 3.32. The molecule has 1 atom stereocenters. The van der Waals surface area contributed by atoms with E-state index in [1.165, 1.54) is 0 Å². The van der Waals surface area contributed by atoms with Gasteiger partial charge in [0, 0.05) is 19.1 Å². The highest BCUT2D eigenvalue weighted by molar-refractivity contribution is 4.84. The first kappa shape index (κ1) is 10.8. The van der Waals surface area contributed by atoms with Crippen LogP contribution in [0.2, 0.25) is 0 Å². The van der Waals surface area contributed by atoms with E-state index in [1.807, 2.05) is 0 Å². The van der Waals surface area contributed by atoms with E-state index in [9.17, 15) is 13.2 Å². The van der Waals surface area contributed by atoms with E-state index in [0.29, 0.717) is 26.1 Å². The van der Waals surface area contributed by atoms with Gasteiger partial charge < -0.3 is 10.5 Å². The average molecular weight is 197 g/mol. The maximum Gasteiger partial charge on any atom is 0.290 e. The minimum Gasteiger partial charge on any atom is -0.381 e. The molecule has 1 aliphatic rings. The van der Waals surface area contributed by atoms with Gasteiger partial charge in [-0.15, -0.1) is 0 Å². The Balaban J connectivity index is 2.49. The van der Waals surface area contributed by atoms with Gasteiger partial charge in [-0.1, -0.05) is 0 Å². The molecule has 2 N–H and O–H groups in total. The van der Waals surface area contributed by atoms with Crippen LogP contribution in [-0.2, 0) is 4.74 Å². The topological polar surface area (TPSA) is 35.2 Å². The molecule has 1 fully saturated rings. The van der Waals surface area contributed by atoms with Crippen molar-refractivity contribution in [3.63, 3.8) is 0 Å². The van der Waals surface area contributed by atoms with Crippen molar-refractivity contribution in [1.29, 1.82) is 0 Å². The van der Waals surface area contributed by atoms with E-state index in [4.69, 9.17) is 10.5 Å². The predicted molar refractivity (Wildman–Crippen MR) is 42.4 cm³/mol. The van der Waals surface area contributed by atoms with Crippen LogP contribution in [-0.4, -0.2) is 31.9 Å². The molecule has 1 heterocycles. The maximum atomic E-state index is 13.2. The summed E-state index contributed by atoms with van der Waals surface area (Å²) in [5.41, 5.74) is 4.79. The molecule has 0 aromatic rings. The normalized spacial score (nSPS) is 23.1. The van der Waals surface area contributed by atoms with Crippen LogP contribution in [0, 0.1) is 5.92 Å². The van der Waals surface area contributed by atoms with E-state index in [0.717, 1.165) is 0 Å². The van der Waals surface area contributed by atoms with E-state index in [2.05, 4.69) is 0 Å². The van der Waals surface area contributed by atoms with Crippen LogP contribution in [0.3, 0.4) is 0 Å². The molecular formula is C8H14F3NO. The summed E-state index contributed by atoms with van der Waals surface area (Å²) in [5.74, 6) is -3.99. The van der Waals surface area contributed by atoms with Gasteiger partial charge in [-0.2, -0.15) is 0 Å². The van der Waals surface area contributed by atoms with Crippen molar-refractivity contribution in [2.75, 3.05) is 19.8 Å². The molecule has 13 heavy (non-hydrogen) atoms. The fraction of sp³-hybridized carbons (Fsp3) is 1.00. The molecule has 0 aliphatic carbocycles. The second-order valence-electron chi connectivity index (χ2n) is 3.32. The van der Waals surface area contributed by atoms with Crippen molar-refractivity contribution in [2.24, 2.45) is 11.7 Å². The number of alkyl halides is 3. The lowest BCUT2D eigenvalue weighted by Crippen LogP contribution is -2.43. The van der Waals surface area contributed by atoms with Crippen LogP contribution in [0.5, 0.6) is 0 Å². The predicted octanol–water partition coefficient (Wildman–Crippen LogP) is 1.35. The van der Waals surface area contributed by atoms with E-state index in [-0.39, 0.29) is 0 Å². The summed E-state index contributed by atoms with van der Waals surface area (Å²) in [6.07, 6.45) is -1.41. The van der Waals surface area contributed by atoms with Gasteiger partial charge in [-0.25, -0.2) is 13.2 Å². The zero-order valence-electron chi connectivity index (χ0n) is 7.31. The van der Waals surface area contributed by atoms with Crippen molar-refractivity contribution in [2.45, 2.75) is 24.9 Å². The molecule has 1 unspecified atom stereocenters. The fourth-order valence-corrected chi connectivity index (χ4v) is 1.47. The highest BCUT2D eigenvalue weighted by Gasteiger charge is 2.43. The number of hydrogen-bond donors (Lipinski definition) is 1. The number of rotatable bonds is 3. The van der Waals surface area contributed by atoms with E-state index >= 15 is 0 Å². The van der Waals surface area contributed by atoms with Gasteiger partial charge in [0.15, 0.2) is 6.17 Å². The third kappa shape index (κ3) is 2.57. The lowest BCUT2D eigenvalue weighted by atomic mass is 9.91. The van der Waals surface area contributed by atoms with Crippen LogP contribution in [0.4, 0.5) is 13.2 Å². The molecule has 1 aliphatic heterocycles. The smallest absolute Gasteiger partial charge is 0.290 e. The molecule has 0 spiro atoms. The Morgan fingerprint density at radius 3 is 2.38 bits per heavy atom. The highest BCUT2D eigenvalue weighted by Crippen LogP contribution is 2.31. The Bertz CT molecular complexity index is 159. The van der Waals surface area contributed by atoms with Crippen molar-refractivity contribution >= 4 is 0 Å². The molecule has 0 saturated carbocycles. The number of nitrogens with two attached hydrogens (primary N) is 1. The Hall–Kier alpha value is -0.290. The fourth-order valence-electron chi connectivity index (χ4n) is 1.47. The molecule has 0 radical (unpaired) electrons. The van der Waals surface area contributed by atoms with Crippen molar-refractivity contribution in [1.82, 2.24) is 0 Å². The van der Waals surface area contributed by atoms with Gasteiger partial charge >= 0.3 is 0 Å². The monoisotopic (exact) mass is 197 g/mol. The molecule has 5 heteroatoms. The lowest BCUT2D eigenvalue weighted by Gasteiger charge is -2.29. The maximum absolute atomic E-state index is 13.2. The Morgan fingerprint density at radius 1 is 1.38 bits per heavy atom. The molecule has 1 rings (SSSR count). The third-order valence-electron chi connectivity index (χ3n) is 2.36. The van der Waals surface area contributed by atoms with Crippen LogP contribution < -0.4 is 5.73 Å². The summed E-state index contributed by atoms with van der Waals surface area (Å²) >= 11 is 0. The molecule has 78 valence electrons. The van der Waals surface area contributed by atoms with Crippen molar-refractivity contribution in [3.8, 4) is 0 Å². The van der Waals surface area contributed by atoms with Crippen molar-refractivity contribution in [3.05, 3.63) is 0 Å². The number of ether oxygens (including phenoxy) is 1. The number of hydrogen-bond acceptors (Lipinski definition) is 2. The Morgan fingerprint density at radius 2 is 1.92 bits per heavy atom. The van der Waals surface area contributed by atoms with E-state index < -0.39 is 24.6 Å². The lowest BCUT2D eigenvalue weighted by molar-refractivity contribution is -0.102. The van der Waals surface area contributed by atoms with Crippen molar-refractivity contribution < 1.29 is 17.9 Å². The molecule has 0 aromatic heterocycles. The minimum absolute atomic E-state index is 0.358. The number of halogens is 3. The first-order valence-corrected chi connectivity index (χ1v) is 4.37. The molecule has 0 bridgehead atoms. The zero-order valence-corrected chi connectivity index (χ0v) is 7.31. The SMILES string of the molecule is NCC(F)(F)C(F)C1CCOCC1. The van der Waals surface area contributed by atoms with Gasteiger partial charge in [0.25, 0.3) is 5.92 Å². The van der Waals surface area contributed by atoms with Gasteiger partial charge in [0.2, 0.25) is 0 Å². The summed E-state index contributed by atoms with van der Waals surface area (Å²) < 4.78 is 43.7. The zero-order chi connectivity index (χ0) is 9.90. The minimum atomic E-state index is -3.39. The summed E-state index contributed by atoms with van der Waals surface area (Å²) in [5, 5.41) is 0. The Labute approximate surface area is 75.2 Å². The van der Waals surface area contributed by atoms with Gasteiger partial charge in [0.05, 0.1) is 6.54 Å². The van der Waals surface area contributed by atoms with Gasteiger partial charge in [-0.3, -0.25) is 0 Å². The molecule has 0 aromatic carbocycles. The largest absolute Gasteiger partial charge is 0.381 e. The third-order valence-corrected chi connectivity index (χ3v) is 2.36. The Kier molecular flexibility index (Phi) is 3.55. The molecular weight excluding hydrogens is 183 g/mol. The van der Waals surface area contributed by atoms with E-state index in [1.54, 1.807) is 0 Å². The summed E-state index contributed by atoms with van der Waals surface area (Å²) in [6.45, 7) is -0.191. The molecule has 0 amide bonds. The quantitative estimate of drug-likeness (QED) is 0.741. The summed E-state index contributed by atoms with van der Waals surface area (Å²) in [4.78, 5) is 0. The first-order valence-electron chi connectivity index (χ1n) is 4.37. The van der Waals surface area contributed by atoms with Crippen LogP contribution >= 0.6 is 0 Å². The van der Waals surface area contributed by atoms with Crippen LogP contribution in [0.25, 0.3) is 0 Å². The van der Waals surface area contributed by atoms with Gasteiger partial charge in [0.1, 0.15) is 0 Å². The standard InChI is InChI=1S/C8H14F3NO/c9-7(8(10,11)5-12)6-1-3-13-4-2-6/h6-7H,1-5,12H2. The first-order chi connectivity index (χ1) is 6.08. The van der Waals surface area contributed by atoms with Crippen LogP contribution in [0.15, 0.2) is 0 Å². The summed E-state index contributed by atoms with van der Waals surface area (Å²) in [7, 11) is 0. The summed E-state index contributed by atoms with van der Waals surface area (Å²) in [6, 6.07) is 0. The average Bonchev–Trinajstić information content (AvgIpc) is 2.18. The van der Waals surface area contributed by atoms with Gasteiger partial charge in [-0.05, 0) is 12.8 Å². The van der Waals surface area contributed by atoms with Crippen LogP contribution in [0.1, 0.15) is 12.8 Å². The molecule has 1 saturated heterocycles. The second kappa shape index (κ2) is 4.28. The highest BCUT2D eigenvalue weighted by atomic mass is 19.3.